The van der Waals surface area contributed by atoms with Gasteiger partial charge in [0.2, 0.25) is 0 Å². The van der Waals surface area contributed by atoms with Gasteiger partial charge in [-0.2, -0.15) is 0 Å². The quantitative estimate of drug-likeness (QED) is 0.126. The van der Waals surface area contributed by atoms with Gasteiger partial charge < -0.3 is 4.57 Å². The summed E-state index contributed by atoms with van der Waals surface area (Å²) in [5.74, 6) is 1.16. The number of aliphatic imine (C=N–C) groups is 3. The minimum absolute atomic E-state index is 0.127. The lowest BCUT2D eigenvalue weighted by atomic mass is 9.82. The zero-order valence-electron chi connectivity index (χ0n) is 30.1. The van der Waals surface area contributed by atoms with Crippen LogP contribution in [0.3, 0.4) is 0 Å². The summed E-state index contributed by atoms with van der Waals surface area (Å²) in [5.41, 5.74) is 11.6. The van der Waals surface area contributed by atoms with Crippen LogP contribution >= 0.6 is 11.3 Å². The lowest BCUT2D eigenvalue weighted by Crippen LogP contribution is -2.15. The maximum atomic E-state index is 5.27. The summed E-state index contributed by atoms with van der Waals surface area (Å²) in [4.78, 5) is 15.0. The molecule has 0 atom stereocenters. The van der Waals surface area contributed by atoms with E-state index in [9.17, 15) is 0 Å². The van der Waals surface area contributed by atoms with E-state index >= 15 is 0 Å². The smallest absolute Gasteiger partial charge is 0.161 e. The Kier molecular flexibility index (Phi) is 7.53. The standard InChI is InChI=1S/C49H36N4S/c1-49(2)41-23-13-10-20-34(41)37-28-38-35-21-11-14-24-43(35)53(44(38)29-42(37)49)33-26-39-36-22-12-15-25-45(36)54-46(39)40(27-33)48(51-30-31-16-6-4-7-17-31)52-47(50-3)32-18-8-5-9-19-32/h4-29H,3,30H2,1-2H3/b51-48-,52-47-. The molecule has 0 saturated heterocycles. The highest BCUT2D eigenvalue weighted by molar-refractivity contribution is 7.26. The van der Waals surface area contributed by atoms with Crippen LogP contribution in [0.5, 0.6) is 0 Å². The van der Waals surface area contributed by atoms with E-state index in [-0.39, 0.29) is 5.41 Å². The van der Waals surface area contributed by atoms with Gasteiger partial charge in [0.1, 0.15) is 0 Å². The van der Waals surface area contributed by atoms with Crippen molar-refractivity contribution in [2.75, 3.05) is 0 Å². The van der Waals surface area contributed by atoms with Crippen LogP contribution in [0.4, 0.5) is 0 Å². The molecule has 0 spiro atoms. The predicted molar refractivity (Wildman–Crippen MR) is 230 cm³/mol. The average Bonchev–Trinajstić information content (AvgIpc) is 3.83. The summed E-state index contributed by atoms with van der Waals surface area (Å²) < 4.78 is 4.81. The van der Waals surface area contributed by atoms with Crippen LogP contribution in [-0.2, 0) is 12.0 Å². The van der Waals surface area contributed by atoms with Crippen LogP contribution < -0.4 is 0 Å². The van der Waals surface area contributed by atoms with Gasteiger partial charge >= 0.3 is 0 Å². The molecule has 0 N–H and O–H groups in total. The van der Waals surface area contributed by atoms with Crippen LogP contribution in [0.1, 0.15) is 41.7 Å². The molecule has 4 nitrogen and oxygen atoms in total. The van der Waals surface area contributed by atoms with Crippen molar-refractivity contribution in [3.63, 3.8) is 0 Å². The zero-order valence-corrected chi connectivity index (χ0v) is 30.9. The molecule has 1 aliphatic rings. The Morgan fingerprint density at radius 2 is 1.31 bits per heavy atom. The second kappa shape index (κ2) is 12.6. The molecule has 0 radical (unpaired) electrons. The van der Waals surface area contributed by atoms with E-state index in [0.29, 0.717) is 18.2 Å². The number of benzene rings is 7. The van der Waals surface area contributed by atoms with Crippen molar-refractivity contribution in [2.24, 2.45) is 15.0 Å². The van der Waals surface area contributed by atoms with Crippen molar-refractivity contribution in [3.8, 4) is 16.8 Å². The second-order valence-electron chi connectivity index (χ2n) is 14.5. The minimum atomic E-state index is -0.127. The van der Waals surface area contributed by atoms with Gasteiger partial charge in [0.25, 0.3) is 0 Å². The molecule has 1 aliphatic carbocycles. The fraction of sp³-hybridized carbons (Fsp3) is 0.0816. The van der Waals surface area contributed by atoms with Crippen molar-refractivity contribution in [3.05, 3.63) is 186 Å². The summed E-state index contributed by atoms with van der Waals surface area (Å²) in [7, 11) is 0. The molecule has 54 heavy (non-hydrogen) atoms. The topological polar surface area (TPSA) is 42.0 Å². The first kappa shape index (κ1) is 32.2. The van der Waals surface area contributed by atoms with Gasteiger partial charge in [-0.25, -0.2) is 9.98 Å². The Morgan fingerprint density at radius 1 is 0.611 bits per heavy atom. The van der Waals surface area contributed by atoms with E-state index in [1.165, 1.54) is 54.0 Å². The highest BCUT2D eigenvalue weighted by Crippen LogP contribution is 2.51. The fourth-order valence-electron chi connectivity index (χ4n) is 8.36. The number of hydrogen-bond donors (Lipinski definition) is 0. The summed E-state index contributed by atoms with van der Waals surface area (Å²) in [6.45, 7) is 9.12. The highest BCUT2D eigenvalue weighted by atomic mass is 32.1. The molecule has 0 aliphatic heterocycles. The van der Waals surface area contributed by atoms with Gasteiger partial charge in [0.15, 0.2) is 11.7 Å². The molecule has 9 aromatic rings. The van der Waals surface area contributed by atoms with Crippen LogP contribution in [0.25, 0.3) is 58.8 Å². The molecule has 258 valence electrons. The van der Waals surface area contributed by atoms with Crippen LogP contribution in [0.2, 0.25) is 0 Å². The van der Waals surface area contributed by atoms with Crippen LogP contribution in [0.15, 0.2) is 173 Å². The number of thiophene rings is 1. The molecule has 0 unspecified atom stereocenters. The minimum Gasteiger partial charge on any atom is -0.309 e. The van der Waals surface area contributed by atoms with Gasteiger partial charge in [-0.3, -0.25) is 4.99 Å². The molecule has 7 aromatic carbocycles. The molecule has 0 saturated carbocycles. The number of rotatable bonds is 5. The summed E-state index contributed by atoms with van der Waals surface area (Å²) >= 11 is 1.79. The maximum Gasteiger partial charge on any atom is 0.161 e. The van der Waals surface area contributed by atoms with Crippen LogP contribution in [0, 0.1) is 0 Å². The normalized spacial score (nSPS) is 13.9. The van der Waals surface area contributed by atoms with Crippen molar-refractivity contribution >= 4 is 71.7 Å². The van der Waals surface area contributed by atoms with E-state index in [1.807, 2.05) is 36.4 Å². The number of amidine groups is 2. The Labute approximate surface area is 318 Å². The van der Waals surface area contributed by atoms with Gasteiger partial charge in [-0.1, -0.05) is 135 Å². The van der Waals surface area contributed by atoms with Crippen molar-refractivity contribution in [1.29, 1.82) is 0 Å². The fourth-order valence-corrected chi connectivity index (χ4v) is 9.55. The molecular weight excluding hydrogens is 677 g/mol. The predicted octanol–water partition coefficient (Wildman–Crippen LogP) is 12.6. The van der Waals surface area contributed by atoms with Crippen molar-refractivity contribution < 1.29 is 0 Å². The van der Waals surface area contributed by atoms with E-state index in [1.54, 1.807) is 11.3 Å². The van der Waals surface area contributed by atoms with Crippen molar-refractivity contribution in [1.82, 2.24) is 4.57 Å². The molecule has 5 heteroatoms. The van der Waals surface area contributed by atoms with E-state index in [0.717, 1.165) is 32.6 Å². The molecule has 0 fully saturated rings. The Bertz CT molecular complexity index is 3000. The monoisotopic (exact) mass is 712 g/mol. The van der Waals surface area contributed by atoms with E-state index in [2.05, 4.69) is 151 Å². The highest BCUT2D eigenvalue weighted by Gasteiger charge is 2.36. The van der Waals surface area contributed by atoms with E-state index in [4.69, 9.17) is 9.98 Å². The molecule has 10 rings (SSSR count). The second-order valence-corrected chi connectivity index (χ2v) is 15.5. The van der Waals surface area contributed by atoms with E-state index < -0.39 is 0 Å². The zero-order chi connectivity index (χ0) is 36.4. The van der Waals surface area contributed by atoms with Gasteiger partial charge in [0.05, 0.1) is 17.6 Å². The third-order valence-corrected chi connectivity index (χ3v) is 12.2. The number of para-hydroxylation sites is 1. The van der Waals surface area contributed by atoms with Crippen LogP contribution in [-0.4, -0.2) is 23.0 Å². The molecule has 2 heterocycles. The molecule has 0 amide bonds. The lowest BCUT2D eigenvalue weighted by molar-refractivity contribution is 0.661. The van der Waals surface area contributed by atoms with Gasteiger partial charge in [-0.15, -0.1) is 11.3 Å². The molecular formula is C49H36N4S. The first-order chi connectivity index (χ1) is 26.5. The largest absolute Gasteiger partial charge is 0.309 e. The van der Waals surface area contributed by atoms with Gasteiger partial charge in [-0.05, 0) is 70.9 Å². The molecule has 0 bridgehead atoms. The van der Waals surface area contributed by atoms with Crippen molar-refractivity contribution in [2.45, 2.75) is 25.8 Å². The summed E-state index contributed by atoms with van der Waals surface area (Å²) in [5, 5.41) is 4.87. The Balaban J connectivity index is 1.28. The maximum absolute atomic E-state index is 5.27. The number of fused-ring (bicyclic) bond motifs is 9. The SMILES string of the molecule is C=N/C(=N\C(=N/Cc1ccccc1)c1cc(-n2c3ccccc3c3cc4c(cc32)C(C)(C)c2ccccc2-4)cc2c1sc1ccccc12)c1ccccc1. The average molecular weight is 713 g/mol. The Hall–Kier alpha value is -6.43. The Morgan fingerprint density at radius 3 is 2.13 bits per heavy atom. The molecule has 2 aromatic heterocycles. The summed E-state index contributed by atoms with van der Waals surface area (Å²) in [6.07, 6.45) is 0. The first-order valence-corrected chi connectivity index (χ1v) is 19.1. The number of nitrogens with zero attached hydrogens (tertiary/aromatic N) is 4. The summed E-state index contributed by atoms with van der Waals surface area (Å²) in [6, 6.07) is 56.2. The third-order valence-electron chi connectivity index (χ3n) is 11.0. The lowest BCUT2D eigenvalue weighted by Gasteiger charge is -2.21. The third kappa shape index (κ3) is 5.07. The first-order valence-electron chi connectivity index (χ1n) is 18.3. The number of hydrogen-bond acceptors (Lipinski definition) is 2. The number of aromatic nitrogens is 1. The van der Waals surface area contributed by atoms with Gasteiger partial charge in [0, 0.05) is 53.2 Å².